The Balaban J connectivity index is 2.06. The number of allylic oxidation sites excluding steroid dienone is 1. The van der Waals surface area contributed by atoms with Crippen LogP contribution in [0.2, 0.25) is 0 Å². The van der Waals surface area contributed by atoms with Crippen LogP contribution in [-0.2, 0) is 9.53 Å². The van der Waals surface area contributed by atoms with Crippen LogP contribution in [0.25, 0.3) is 0 Å². The zero-order valence-electron chi connectivity index (χ0n) is 16.5. The van der Waals surface area contributed by atoms with Crippen molar-refractivity contribution in [2.24, 2.45) is 5.92 Å². The molecule has 0 fully saturated rings. The summed E-state index contributed by atoms with van der Waals surface area (Å²) in [6.07, 6.45) is 2.97. The summed E-state index contributed by atoms with van der Waals surface area (Å²) < 4.78 is 5.70. The fourth-order valence-corrected chi connectivity index (χ4v) is 2.81. The highest BCUT2D eigenvalue weighted by Crippen LogP contribution is 2.31. The van der Waals surface area contributed by atoms with Crippen molar-refractivity contribution in [1.82, 2.24) is 5.48 Å². The third kappa shape index (κ3) is 7.31. The number of ether oxygens (including phenoxy) is 1. The van der Waals surface area contributed by atoms with E-state index in [2.05, 4.69) is 5.32 Å². The number of phenols is 1. The van der Waals surface area contributed by atoms with E-state index in [-0.39, 0.29) is 11.7 Å². The van der Waals surface area contributed by atoms with E-state index in [0.29, 0.717) is 18.5 Å². The van der Waals surface area contributed by atoms with Gasteiger partial charge in [-0.1, -0.05) is 42.8 Å². The molecule has 2 aromatic rings. The van der Waals surface area contributed by atoms with Crippen LogP contribution in [0.1, 0.15) is 37.0 Å². The number of carbonyl (C=O) groups excluding carboxylic acids is 2. The molecular weight excluding hydrogens is 372 g/mol. The average molecular weight is 398 g/mol. The fourth-order valence-electron chi connectivity index (χ4n) is 2.81. The summed E-state index contributed by atoms with van der Waals surface area (Å²) in [7, 11) is 0. The van der Waals surface area contributed by atoms with E-state index in [9.17, 15) is 14.7 Å². The highest BCUT2D eigenvalue weighted by Gasteiger charge is 2.23. The maximum Gasteiger partial charge on any atom is 0.412 e. The molecule has 29 heavy (non-hydrogen) atoms. The van der Waals surface area contributed by atoms with Gasteiger partial charge in [0.05, 0.1) is 0 Å². The normalized spacial score (nSPS) is 12.9. The van der Waals surface area contributed by atoms with Crippen molar-refractivity contribution < 1.29 is 24.6 Å². The zero-order chi connectivity index (χ0) is 21.2. The molecule has 154 valence electrons. The van der Waals surface area contributed by atoms with Gasteiger partial charge in [0.2, 0.25) is 0 Å². The number of hydrogen-bond acceptors (Lipinski definition) is 5. The van der Waals surface area contributed by atoms with E-state index < -0.39 is 18.1 Å². The number of aromatic hydroxyl groups is 1. The van der Waals surface area contributed by atoms with Gasteiger partial charge in [-0.25, -0.2) is 10.3 Å². The minimum atomic E-state index is -0.596. The molecule has 0 aliphatic carbocycles. The minimum absolute atomic E-state index is 0.0647. The summed E-state index contributed by atoms with van der Waals surface area (Å²) in [6.45, 7) is 3.90. The fraction of sp³-hybridized carbons (Fsp3) is 0.273. The lowest BCUT2D eigenvalue weighted by atomic mass is 9.93. The Morgan fingerprint density at radius 3 is 2.38 bits per heavy atom. The summed E-state index contributed by atoms with van der Waals surface area (Å²) >= 11 is 0. The first kappa shape index (κ1) is 22.0. The predicted octanol–water partition coefficient (Wildman–Crippen LogP) is 4.47. The second kappa shape index (κ2) is 10.9. The molecule has 2 amide bonds. The third-order valence-electron chi connectivity index (χ3n) is 4.44. The quantitative estimate of drug-likeness (QED) is 0.298. The molecule has 0 bridgehead atoms. The highest BCUT2D eigenvalue weighted by molar-refractivity contribution is 5.86. The van der Waals surface area contributed by atoms with E-state index in [4.69, 9.17) is 9.94 Å². The van der Waals surface area contributed by atoms with Gasteiger partial charge in [-0.15, -0.1) is 0 Å². The zero-order valence-corrected chi connectivity index (χ0v) is 16.5. The molecule has 0 aromatic heterocycles. The van der Waals surface area contributed by atoms with Crippen LogP contribution in [0, 0.1) is 12.8 Å². The molecule has 0 saturated carbocycles. The number of hydrogen-bond donors (Lipinski definition) is 4. The van der Waals surface area contributed by atoms with Gasteiger partial charge in [0.15, 0.2) is 0 Å². The second-order valence-corrected chi connectivity index (χ2v) is 6.84. The molecule has 7 heteroatoms. The van der Waals surface area contributed by atoms with Crippen LogP contribution < -0.4 is 10.8 Å². The van der Waals surface area contributed by atoms with Crippen molar-refractivity contribution in [1.29, 1.82) is 0 Å². The van der Waals surface area contributed by atoms with Crippen molar-refractivity contribution in [3.8, 4) is 5.75 Å². The van der Waals surface area contributed by atoms with Gasteiger partial charge in [0.1, 0.15) is 11.9 Å². The Morgan fingerprint density at radius 2 is 1.76 bits per heavy atom. The van der Waals surface area contributed by atoms with E-state index in [1.54, 1.807) is 42.5 Å². The minimum Gasteiger partial charge on any atom is -0.508 e. The number of rotatable bonds is 8. The van der Waals surface area contributed by atoms with Crippen molar-refractivity contribution in [3.63, 3.8) is 0 Å². The molecule has 2 rings (SSSR count). The molecule has 0 aliphatic rings. The summed E-state index contributed by atoms with van der Waals surface area (Å²) in [4.78, 5) is 23.5. The first-order chi connectivity index (χ1) is 13.9. The lowest BCUT2D eigenvalue weighted by Gasteiger charge is -2.24. The van der Waals surface area contributed by atoms with Gasteiger partial charge in [-0.05, 0) is 55.5 Å². The molecule has 0 unspecified atom stereocenters. The molecule has 0 aliphatic heterocycles. The molecule has 0 saturated heterocycles. The van der Waals surface area contributed by atoms with E-state index in [1.165, 1.54) is 11.6 Å². The Labute approximate surface area is 170 Å². The first-order valence-electron chi connectivity index (χ1n) is 9.33. The van der Waals surface area contributed by atoms with Crippen molar-refractivity contribution >= 4 is 17.7 Å². The molecule has 2 atom stereocenters. The average Bonchev–Trinajstić information content (AvgIpc) is 2.71. The van der Waals surface area contributed by atoms with Crippen molar-refractivity contribution in [2.75, 3.05) is 5.32 Å². The maximum absolute atomic E-state index is 12.4. The summed E-state index contributed by atoms with van der Waals surface area (Å²) in [5, 5.41) is 20.8. The Bertz CT molecular complexity index is 831. The van der Waals surface area contributed by atoms with E-state index in [0.717, 1.165) is 11.1 Å². The van der Waals surface area contributed by atoms with Crippen LogP contribution in [0.3, 0.4) is 0 Å². The van der Waals surface area contributed by atoms with Gasteiger partial charge < -0.3 is 9.84 Å². The Hall–Kier alpha value is -3.32. The van der Waals surface area contributed by atoms with Gasteiger partial charge in [-0.3, -0.25) is 15.3 Å². The van der Waals surface area contributed by atoms with Crippen molar-refractivity contribution in [2.45, 2.75) is 32.8 Å². The maximum atomic E-state index is 12.4. The Kier molecular flexibility index (Phi) is 8.24. The van der Waals surface area contributed by atoms with Crippen LogP contribution in [0.4, 0.5) is 10.5 Å². The standard InChI is InChI=1S/C22H26N2O5/c1-15-7-11-18(12-8-15)23-22(27)29-21(17-9-13-19(25)14-10-17)16(2)5-3-4-6-20(26)24-28/h4,6-14,16,21,25,28H,3,5H2,1-2H3,(H,23,27)(H,24,26)/b6-4+/t16-,21-/m1/s1. The summed E-state index contributed by atoms with van der Waals surface area (Å²) in [6, 6.07) is 13.9. The molecule has 0 heterocycles. The second-order valence-electron chi connectivity index (χ2n) is 6.84. The number of amides is 2. The first-order valence-corrected chi connectivity index (χ1v) is 9.33. The number of nitrogens with one attached hydrogen (secondary N) is 2. The molecule has 0 radical (unpaired) electrons. The lowest BCUT2D eigenvalue weighted by molar-refractivity contribution is -0.124. The monoisotopic (exact) mass is 398 g/mol. The highest BCUT2D eigenvalue weighted by atomic mass is 16.6. The van der Waals surface area contributed by atoms with Gasteiger partial charge in [0.25, 0.3) is 5.91 Å². The number of benzene rings is 2. The van der Waals surface area contributed by atoms with E-state index >= 15 is 0 Å². The van der Waals surface area contributed by atoms with Crippen LogP contribution in [-0.4, -0.2) is 22.3 Å². The van der Waals surface area contributed by atoms with Gasteiger partial charge in [-0.2, -0.15) is 0 Å². The van der Waals surface area contributed by atoms with Gasteiger partial charge >= 0.3 is 6.09 Å². The molecular formula is C22H26N2O5. The van der Waals surface area contributed by atoms with Crippen molar-refractivity contribution in [3.05, 3.63) is 71.8 Å². The number of hydroxylamine groups is 1. The largest absolute Gasteiger partial charge is 0.508 e. The molecule has 4 N–H and O–H groups in total. The number of aryl methyl sites for hydroxylation is 1. The number of phenolic OH excluding ortho intramolecular Hbond substituents is 1. The van der Waals surface area contributed by atoms with Gasteiger partial charge in [0, 0.05) is 11.8 Å². The van der Waals surface area contributed by atoms with E-state index in [1.807, 2.05) is 26.0 Å². The predicted molar refractivity (Wildman–Crippen MR) is 110 cm³/mol. The van der Waals surface area contributed by atoms with Crippen LogP contribution in [0.15, 0.2) is 60.7 Å². The lowest BCUT2D eigenvalue weighted by Crippen LogP contribution is -2.22. The third-order valence-corrected chi connectivity index (χ3v) is 4.44. The molecule has 0 spiro atoms. The number of carbonyl (C=O) groups is 2. The van der Waals surface area contributed by atoms with Crippen LogP contribution >= 0.6 is 0 Å². The summed E-state index contributed by atoms with van der Waals surface area (Å²) in [5.74, 6) is -0.533. The Morgan fingerprint density at radius 1 is 1.10 bits per heavy atom. The topological polar surface area (TPSA) is 108 Å². The van der Waals surface area contributed by atoms with Crippen LogP contribution in [0.5, 0.6) is 5.75 Å². The molecule has 7 nitrogen and oxygen atoms in total. The smallest absolute Gasteiger partial charge is 0.412 e. The summed E-state index contributed by atoms with van der Waals surface area (Å²) in [5.41, 5.74) is 4.01. The molecule has 2 aromatic carbocycles. The SMILES string of the molecule is Cc1ccc(NC(=O)O[C@@H](c2ccc(O)cc2)[C@H](C)CC/C=C/C(=O)NO)cc1. The number of anilines is 1.